The van der Waals surface area contributed by atoms with Crippen molar-refractivity contribution in [3.05, 3.63) is 0 Å². The van der Waals surface area contributed by atoms with Gasteiger partial charge in [0, 0.05) is 11.3 Å². The number of rotatable bonds is 0. The van der Waals surface area contributed by atoms with Crippen LogP contribution in [-0.2, 0) is 0 Å². The van der Waals surface area contributed by atoms with Crippen molar-refractivity contribution in [1.82, 2.24) is 0 Å². The van der Waals surface area contributed by atoms with Gasteiger partial charge >= 0.3 is 0 Å². The molecular weight excluding hydrogens is 154 g/mol. The van der Waals surface area contributed by atoms with Crippen molar-refractivity contribution in [3.63, 3.8) is 0 Å². The Morgan fingerprint density at radius 3 is 1.60 bits per heavy atom. The zero-order valence-electron chi connectivity index (χ0n) is 5.25. The molecular formula is C5H11NO3S. The lowest BCUT2D eigenvalue weighted by Crippen LogP contribution is -2.38. The highest BCUT2D eigenvalue weighted by atomic mass is 32.1. The largest absolute Gasteiger partial charge is 0.389 e. The Bertz CT molecular complexity index is 89.2. The first kappa shape index (κ1) is 8.29. The average Bonchev–Trinajstić information content (AvgIpc) is 2.07. The third-order valence-corrected chi connectivity index (χ3v) is 2.49. The summed E-state index contributed by atoms with van der Waals surface area (Å²) in [6.45, 7) is 0. The van der Waals surface area contributed by atoms with Gasteiger partial charge in [0.15, 0.2) is 0 Å². The molecule has 60 valence electrons. The second-order valence-electron chi connectivity index (χ2n) is 2.54. The summed E-state index contributed by atoms with van der Waals surface area (Å²) in [4.78, 5) is 0. The van der Waals surface area contributed by atoms with Crippen molar-refractivity contribution in [2.24, 2.45) is 5.73 Å². The molecule has 0 unspecified atom stereocenters. The lowest BCUT2D eigenvalue weighted by molar-refractivity contribution is -0.0198. The zero-order chi connectivity index (χ0) is 7.89. The van der Waals surface area contributed by atoms with Crippen LogP contribution in [-0.4, -0.2) is 44.9 Å². The maximum atomic E-state index is 9.04. The molecule has 5 heteroatoms. The average molecular weight is 165 g/mol. The first-order valence-electron chi connectivity index (χ1n) is 3.03. The maximum Gasteiger partial charge on any atom is 0.108 e. The van der Waals surface area contributed by atoms with Gasteiger partial charge in [0.2, 0.25) is 0 Å². The van der Waals surface area contributed by atoms with E-state index in [0.29, 0.717) is 0 Å². The van der Waals surface area contributed by atoms with Crippen LogP contribution in [0.4, 0.5) is 0 Å². The van der Waals surface area contributed by atoms with Crippen LogP contribution in [0.3, 0.4) is 0 Å². The molecule has 0 aliphatic heterocycles. The van der Waals surface area contributed by atoms with Crippen LogP contribution < -0.4 is 5.73 Å². The Hall–Kier alpha value is 0.190. The van der Waals surface area contributed by atoms with Crippen molar-refractivity contribution in [2.75, 3.05) is 0 Å². The van der Waals surface area contributed by atoms with Gasteiger partial charge in [-0.15, -0.1) is 0 Å². The molecule has 1 rings (SSSR count). The fourth-order valence-electron chi connectivity index (χ4n) is 1.06. The topological polar surface area (TPSA) is 86.7 Å². The molecule has 1 fully saturated rings. The Morgan fingerprint density at radius 1 is 1.00 bits per heavy atom. The van der Waals surface area contributed by atoms with E-state index in [0.717, 1.165) is 0 Å². The summed E-state index contributed by atoms with van der Waals surface area (Å²) in [7, 11) is 0. The summed E-state index contributed by atoms with van der Waals surface area (Å²) in [5, 5.41) is 26.5. The SMILES string of the molecule is N[C@H]1[C@@H](O)[C@@H](O)[C@@H](O)[C@@H]1S. The monoisotopic (exact) mass is 165 g/mol. The fraction of sp³-hybridized carbons (Fsp3) is 1.00. The van der Waals surface area contributed by atoms with E-state index in [2.05, 4.69) is 12.6 Å². The van der Waals surface area contributed by atoms with E-state index in [4.69, 9.17) is 21.1 Å². The summed E-state index contributed by atoms with van der Waals surface area (Å²) in [6.07, 6.45) is -3.23. The Morgan fingerprint density at radius 2 is 1.50 bits per heavy atom. The van der Waals surface area contributed by atoms with Gasteiger partial charge in [0.05, 0.1) is 12.2 Å². The van der Waals surface area contributed by atoms with E-state index >= 15 is 0 Å². The number of thiol groups is 1. The highest BCUT2D eigenvalue weighted by Gasteiger charge is 2.45. The molecule has 5 atom stereocenters. The molecule has 0 heterocycles. The van der Waals surface area contributed by atoms with Gasteiger partial charge < -0.3 is 21.1 Å². The van der Waals surface area contributed by atoms with Crippen LogP contribution in [0.2, 0.25) is 0 Å². The minimum Gasteiger partial charge on any atom is -0.389 e. The molecule has 1 aliphatic carbocycles. The second-order valence-corrected chi connectivity index (χ2v) is 3.14. The summed E-state index contributed by atoms with van der Waals surface area (Å²) < 4.78 is 0. The van der Waals surface area contributed by atoms with Gasteiger partial charge in [-0.1, -0.05) is 0 Å². The molecule has 0 aromatic carbocycles. The molecule has 0 aromatic rings. The van der Waals surface area contributed by atoms with Gasteiger partial charge in [-0.3, -0.25) is 0 Å². The molecule has 0 aromatic heterocycles. The molecule has 0 spiro atoms. The quantitative estimate of drug-likeness (QED) is 0.261. The van der Waals surface area contributed by atoms with Gasteiger partial charge in [0.1, 0.15) is 6.10 Å². The van der Waals surface area contributed by atoms with Gasteiger partial charge in [0.25, 0.3) is 0 Å². The highest BCUT2D eigenvalue weighted by Crippen LogP contribution is 2.23. The van der Waals surface area contributed by atoms with Crippen LogP contribution in [0, 0.1) is 0 Å². The Labute approximate surface area is 64.1 Å². The van der Waals surface area contributed by atoms with Gasteiger partial charge in [-0.2, -0.15) is 12.6 Å². The number of aliphatic hydroxyl groups is 3. The van der Waals surface area contributed by atoms with Crippen LogP contribution in [0.5, 0.6) is 0 Å². The number of hydrogen-bond donors (Lipinski definition) is 5. The number of hydrogen-bond acceptors (Lipinski definition) is 5. The minimum absolute atomic E-state index is 0.537. The molecule has 0 bridgehead atoms. The Kier molecular flexibility index (Phi) is 2.21. The first-order valence-corrected chi connectivity index (χ1v) is 3.55. The van der Waals surface area contributed by atoms with E-state index in [1.165, 1.54) is 0 Å². The van der Waals surface area contributed by atoms with E-state index in [-0.39, 0.29) is 0 Å². The number of nitrogens with two attached hydrogens (primary N) is 1. The maximum absolute atomic E-state index is 9.04. The molecule has 0 saturated heterocycles. The smallest absolute Gasteiger partial charge is 0.108 e. The predicted octanol–water partition coefficient (Wildman–Crippen LogP) is -2.29. The Balaban J connectivity index is 2.68. The van der Waals surface area contributed by atoms with Crippen LogP contribution in [0.1, 0.15) is 0 Å². The predicted molar refractivity (Wildman–Crippen MR) is 38.8 cm³/mol. The number of aliphatic hydroxyl groups excluding tert-OH is 3. The third-order valence-electron chi connectivity index (χ3n) is 1.84. The second kappa shape index (κ2) is 2.67. The van der Waals surface area contributed by atoms with E-state index in [1.54, 1.807) is 0 Å². The van der Waals surface area contributed by atoms with Crippen molar-refractivity contribution < 1.29 is 15.3 Å². The van der Waals surface area contributed by atoms with Gasteiger partial charge in [-0.05, 0) is 0 Å². The van der Waals surface area contributed by atoms with E-state index < -0.39 is 29.6 Å². The zero-order valence-corrected chi connectivity index (χ0v) is 6.15. The normalized spacial score (nSPS) is 55.5. The molecule has 1 saturated carbocycles. The van der Waals surface area contributed by atoms with E-state index in [9.17, 15) is 0 Å². The lowest BCUT2D eigenvalue weighted by atomic mass is 10.2. The van der Waals surface area contributed by atoms with E-state index in [1.807, 2.05) is 0 Å². The molecule has 1 aliphatic rings. The summed E-state index contributed by atoms with van der Waals surface area (Å²) in [5.41, 5.74) is 5.36. The molecule has 0 amide bonds. The van der Waals surface area contributed by atoms with Gasteiger partial charge in [-0.25, -0.2) is 0 Å². The third kappa shape index (κ3) is 1.04. The molecule has 4 nitrogen and oxygen atoms in total. The van der Waals surface area contributed by atoms with Crippen LogP contribution >= 0.6 is 12.6 Å². The minimum atomic E-state index is -1.16. The van der Waals surface area contributed by atoms with Crippen molar-refractivity contribution in [3.8, 4) is 0 Å². The van der Waals surface area contributed by atoms with Crippen molar-refractivity contribution >= 4 is 12.6 Å². The summed E-state index contributed by atoms with van der Waals surface area (Å²) >= 11 is 3.91. The van der Waals surface area contributed by atoms with Crippen molar-refractivity contribution in [1.29, 1.82) is 0 Å². The standard InChI is InChI=1S/C5H11NO3S/c6-1-2(7)3(8)4(9)5(1)10/h1-5,7-10H,6H2/t1-,2+,3+,4+,5+/m0/s1. The molecule has 10 heavy (non-hydrogen) atoms. The fourth-order valence-corrected chi connectivity index (χ4v) is 1.41. The summed E-state index contributed by atoms with van der Waals surface area (Å²) in [6, 6.07) is -0.645. The molecule has 0 radical (unpaired) electrons. The highest BCUT2D eigenvalue weighted by molar-refractivity contribution is 7.81. The molecule has 5 N–H and O–H groups in total. The van der Waals surface area contributed by atoms with Crippen LogP contribution in [0.25, 0.3) is 0 Å². The first-order chi connectivity index (χ1) is 4.55. The lowest BCUT2D eigenvalue weighted by Gasteiger charge is -2.11. The van der Waals surface area contributed by atoms with Crippen LogP contribution in [0.15, 0.2) is 0 Å². The summed E-state index contributed by atoms with van der Waals surface area (Å²) in [5.74, 6) is 0. The van der Waals surface area contributed by atoms with Crippen molar-refractivity contribution in [2.45, 2.75) is 29.6 Å².